The Kier molecular flexibility index (Phi) is 3.37. The van der Waals surface area contributed by atoms with Crippen molar-refractivity contribution in [2.75, 3.05) is 6.61 Å². The van der Waals surface area contributed by atoms with E-state index in [4.69, 9.17) is 4.74 Å². The number of pyridine rings is 1. The summed E-state index contributed by atoms with van der Waals surface area (Å²) in [7, 11) is 0. The third-order valence-corrected chi connectivity index (χ3v) is 3.15. The van der Waals surface area contributed by atoms with Gasteiger partial charge in [0.05, 0.1) is 17.6 Å². The molecule has 2 aromatic heterocycles. The molecule has 20 heavy (non-hydrogen) atoms. The maximum atomic E-state index is 5.80. The van der Waals surface area contributed by atoms with E-state index in [1.54, 1.807) is 6.20 Å². The van der Waals surface area contributed by atoms with Crippen LogP contribution in [0.5, 0.6) is 5.75 Å². The third-order valence-electron chi connectivity index (χ3n) is 3.15. The van der Waals surface area contributed by atoms with Gasteiger partial charge < -0.3 is 4.74 Å². The Bertz CT molecular complexity index is 733. The summed E-state index contributed by atoms with van der Waals surface area (Å²) in [5.41, 5.74) is 2.02. The summed E-state index contributed by atoms with van der Waals surface area (Å²) in [6.07, 6.45) is 2.75. The van der Waals surface area contributed by atoms with Crippen molar-refractivity contribution >= 4 is 11.0 Å². The van der Waals surface area contributed by atoms with Crippen molar-refractivity contribution in [1.82, 2.24) is 14.5 Å². The smallest absolute Gasteiger partial charge is 0.181 e. The second-order valence-corrected chi connectivity index (χ2v) is 4.66. The fourth-order valence-corrected chi connectivity index (χ4v) is 2.29. The molecule has 2 heterocycles. The molecule has 0 spiro atoms. The summed E-state index contributed by atoms with van der Waals surface area (Å²) in [6, 6.07) is 11.9. The zero-order valence-corrected chi connectivity index (χ0v) is 11.7. The van der Waals surface area contributed by atoms with Crippen molar-refractivity contribution in [2.45, 2.75) is 20.3 Å². The molecule has 3 aromatic rings. The van der Waals surface area contributed by atoms with Gasteiger partial charge in [0.25, 0.3) is 0 Å². The second kappa shape index (κ2) is 5.33. The van der Waals surface area contributed by atoms with Crippen LogP contribution >= 0.6 is 0 Å². The lowest BCUT2D eigenvalue weighted by Crippen LogP contribution is -2.05. The monoisotopic (exact) mass is 267 g/mol. The first-order valence-electron chi connectivity index (χ1n) is 6.83. The van der Waals surface area contributed by atoms with E-state index in [2.05, 4.69) is 16.9 Å². The molecule has 0 N–H and O–H groups in total. The van der Waals surface area contributed by atoms with Crippen LogP contribution in [0, 0.1) is 6.92 Å². The van der Waals surface area contributed by atoms with Gasteiger partial charge in [-0.3, -0.25) is 4.57 Å². The minimum Gasteiger partial charge on any atom is -0.490 e. The van der Waals surface area contributed by atoms with Gasteiger partial charge in [0.2, 0.25) is 0 Å². The number of ether oxygens (including phenoxy) is 1. The van der Waals surface area contributed by atoms with Crippen molar-refractivity contribution in [3.8, 4) is 11.6 Å². The lowest BCUT2D eigenvalue weighted by Gasteiger charge is -2.12. The molecule has 0 fully saturated rings. The van der Waals surface area contributed by atoms with Crippen LogP contribution in [-0.4, -0.2) is 21.1 Å². The van der Waals surface area contributed by atoms with E-state index < -0.39 is 0 Å². The number of fused-ring (bicyclic) bond motifs is 1. The first-order chi connectivity index (χ1) is 9.81. The highest BCUT2D eigenvalue weighted by Crippen LogP contribution is 2.26. The van der Waals surface area contributed by atoms with E-state index in [1.165, 1.54) is 0 Å². The number of hydrogen-bond donors (Lipinski definition) is 0. The number of aromatic nitrogens is 3. The molecule has 0 unspecified atom stereocenters. The van der Waals surface area contributed by atoms with Crippen LogP contribution in [0.2, 0.25) is 0 Å². The molecule has 0 saturated carbocycles. The lowest BCUT2D eigenvalue weighted by atomic mass is 10.3. The number of aryl methyl sites for hydroxylation is 1. The fraction of sp³-hybridized carbons (Fsp3) is 0.250. The summed E-state index contributed by atoms with van der Waals surface area (Å²) < 4.78 is 7.84. The van der Waals surface area contributed by atoms with E-state index >= 15 is 0 Å². The molecule has 0 aliphatic heterocycles. The number of para-hydroxylation sites is 2. The van der Waals surface area contributed by atoms with E-state index in [1.807, 2.05) is 47.9 Å². The Hall–Kier alpha value is -2.36. The van der Waals surface area contributed by atoms with E-state index in [9.17, 15) is 0 Å². The van der Waals surface area contributed by atoms with E-state index in [0.29, 0.717) is 6.61 Å². The predicted molar refractivity (Wildman–Crippen MR) is 79.4 cm³/mol. The van der Waals surface area contributed by atoms with E-state index in [-0.39, 0.29) is 0 Å². The number of imidazole rings is 1. The summed E-state index contributed by atoms with van der Waals surface area (Å²) in [5.74, 6) is 2.50. The molecule has 3 rings (SSSR count). The first kappa shape index (κ1) is 12.7. The van der Waals surface area contributed by atoms with Crippen molar-refractivity contribution in [3.63, 3.8) is 0 Å². The molecule has 0 aliphatic rings. The van der Waals surface area contributed by atoms with Crippen molar-refractivity contribution in [2.24, 2.45) is 0 Å². The highest BCUT2D eigenvalue weighted by molar-refractivity contribution is 5.78. The molecule has 0 atom stereocenters. The Morgan fingerprint density at radius 3 is 2.85 bits per heavy atom. The highest BCUT2D eigenvalue weighted by atomic mass is 16.5. The van der Waals surface area contributed by atoms with Crippen LogP contribution in [0.1, 0.15) is 19.2 Å². The summed E-state index contributed by atoms with van der Waals surface area (Å²) in [6.45, 7) is 4.76. The molecule has 0 radical (unpaired) electrons. The topological polar surface area (TPSA) is 39.9 Å². The van der Waals surface area contributed by atoms with Gasteiger partial charge in [-0.25, -0.2) is 9.97 Å². The Morgan fingerprint density at radius 1 is 1.15 bits per heavy atom. The highest BCUT2D eigenvalue weighted by Gasteiger charge is 2.13. The van der Waals surface area contributed by atoms with Crippen molar-refractivity contribution < 1.29 is 4.74 Å². The maximum Gasteiger partial charge on any atom is 0.181 e. The van der Waals surface area contributed by atoms with Gasteiger partial charge in [-0.2, -0.15) is 0 Å². The fourth-order valence-electron chi connectivity index (χ4n) is 2.29. The Balaban J connectivity index is 2.18. The Labute approximate surface area is 118 Å². The average molecular weight is 267 g/mol. The molecule has 102 valence electrons. The van der Waals surface area contributed by atoms with E-state index in [0.717, 1.165) is 34.8 Å². The van der Waals surface area contributed by atoms with Gasteiger partial charge >= 0.3 is 0 Å². The SMILES string of the molecule is CCCOc1cccnc1-n1c(C)nc2ccccc21. The number of hydrogen-bond acceptors (Lipinski definition) is 3. The van der Waals surface area contributed by atoms with Gasteiger partial charge in [0.1, 0.15) is 5.82 Å². The molecular weight excluding hydrogens is 250 g/mol. The quantitative estimate of drug-likeness (QED) is 0.726. The molecule has 4 heteroatoms. The molecular formula is C16H17N3O. The van der Waals surface area contributed by atoms with Crippen LogP contribution < -0.4 is 4.74 Å². The van der Waals surface area contributed by atoms with Crippen molar-refractivity contribution in [1.29, 1.82) is 0 Å². The molecule has 0 amide bonds. The van der Waals surface area contributed by atoms with Crippen LogP contribution in [0.15, 0.2) is 42.6 Å². The third kappa shape index (κ3) is 2.13. The summed E-state index contributed by atoms with van der Waals surface area (Å²) >= 11 is 0. The zero-order chi connectivity index (χ0) is 13.9. The van der Waals surface area contributed by atoms with Gasteiger partial charge in [0.15, 0.2) is 11.6 Å². The average Bonchev–Trinajstić information content (AvgIpc) is 2.81. The number of benzene rings is 1. The van der Waals surface area contributed by atoms with Crippen LogP contribution in [-0.2, 0) is 0 Å². The normalized spacial score (nSPS) is 10.9. The van der Waals surface area contributed by atoms with Gasteiger partial charge in [-0.15, -0.1) is 0 Å². The Morgan fingerprint density at radius 2 is 2.00 bits per heavy atom. The zero-order valence-electron chi connectivity index (χ0n) is 11.7. The molecule has 4 nitrogen and oxygen atoms in total. The molecule has 0 aliphatic carbocycles. The standard InChI is InChI=1S/C16H17N3O/c1-3-11-20-15-9-6-10-17-16(15)19-12(2)18-13-7-4-5-8-14(13)19/h4-10H,3,11H2,1-2H3. The summed E-state index contributed by atoms with van der Waals surface area (Å²) in [5, 5.41) is 0. The first-order valence-corrected chi connectivity index (χ1v) is 6.83. The van der Waals surface area contributed by atoms with Crippen molar-refractivity contribution in [3.05, 3.63) is 48.4 Å². The number of nitrogens with zero attached hydrogens (tertiary/aromatic N) is 3. The largest absolute Gasteiger partial charge is 0.490 e. The maximum absolute atomic E-state index is 5.80. The van der Waals surface area contributed by atoms with Crippen LogP contribution in [0.25, 0.3) is 16.9 Å². The number of rotatable bonds is 4. The minimum absolute atomic E-state index is 0.685. The van der Waals surface area contributed by atoms with Gasteiger partial charge in [0, 0.05) is 6.20 Å². The van der Waals surface area contributed by atoms with Crippen LogP contribution in [0.4, 0.5) is 0 Å². The predicted octanol–water partition coefficient (Wildman–Crippen LogP) is 3.52. The second-order valence-electron chi connectivity index (χ2n) is 4.66. The molecule has 1 aromatic carbocycles. The minimum atomic E-state index is 0.685. The van der Waals surface area contributed by atoms with Gasteiger partial charge in [-0.1, -0.05) is 19.1 Å². The lowest BCUT2D eigenvalue weighted by molar-refractivity contribution is 0.315. The molecule has 0 saturated heterocycles. The molecule has 0 bridgehead atoms. The van der Waals surface area contributed by atoms with Gasteiger partial charge in [-0.05, 0) is 37.6 Å². The summed E-state index contributed by atoms with van der Waals surface area (Å²) in [4.78, 5) is 9.06. The van der Waals surface area contributed by atoms with Crippen LogP contribution in [0.3, 0.4) is 0 Å².